The number of hydrogen-bond acceptors (Lipinski definition) is 3. The molecule has 0 unspecified atom stereocenters. The molecule has 0 radical (unpaired) electrons. The van der Waals surface area contributed by atoms with Crippen LogP contribution in [0.1, 0.15) is 39.0 Å². The zero-order valence-corrected chi connectivity index (χ0v) is 13.0. The Morgan fingerprint density at radius 2 is 2.00 bits per heavy atom. The van der Waals surface area contributed by atoms with Crippen molar-refractivity contribution in [1.82, 2.24) is 10.2 Å². The third-order valence-corrected chi connectivity index (χ3v) is 2.99. The van der Waals surface area contributed by atoms with Gasteiger partial charge < -0.3 is 20.7 Å². The monoisotopic (exact) mass is 272 g/mol. The van der Waals surface area contributed by atoms with Gasteiger partial charge in [-0.3, -0.25) is 4.99 Å². The number of rotatable bonds is 12. The van der Waals surface area contributed by atoms with E-state index in [0.29, 0.717) is 5.96 Å². The van der Waals surface area contributed by atoms with E-state index < -0.39 is 0 Å². The largest absolute Gasteiger partial charge is 0.383 e. The number of nitrogens with one attached hydrogen (secondary N) is 1. The first-order chi connectivity index (χ1) is 9.20. The molecule has 0 aromatic heterocycles. The molecule has 0 amide bonds. The van der Waals surface area contributed by atoms with Gasteiger partial charge in [0.2, 0.25) is 0 Å². The Balaban J connectivity index is 3.43. The fourth-order valence-electron chi connectivity index (χ4n) is 1.72. The van der Waals surface area contributed by atoms with Gasteiger partial charge in [0.15, 0.2) is 5.96 Å². The van der Waals surface area contributed by atoms with E-state index in [1.807, 2.05) is 0 Å². The normalized spacial score (nSPS) is 12.1. The van der Waals surface area contributed by atoms with Gasteiger partial charge in [0.1, 0.15) is 0 Å². The zero-order chi connectivity index (χ0) is 14.3. The molecule has 0 atom stereocenters. The average molecular weight is 272 g/mol. The van der Waals surface area contributed by atoms with Crippen LogP contribution in [0.15, 0.2) is 4.99 Å². The first-order valence-corrected chi connectivity index (χ1v) is 7.42. The van der Waals surface area contributed by atoms with Gasteiger partial charge in [-0.25, -0.2) is 0 Å². The highest BCUT2D eigenvalue weighted by Gasteiger charge is 1.97. The molecule has 114 valence electrons. The number of unbranched alkanes of at least 4 members (excludes halogenated alkanes) is 3. The van der Waals surface area contributed by atoms with Crippen molar-refractivity contribution in [3.05, 3.63) is 0 Å². The number of nitrogens with two attached hydrogens (primary N) is 1. The number of methoxy groups -OCH3 is 1. The standard InChI is InChI=1S/C14H32N4O/c1-4-5-6-7-9-16-14(15)17-10-8-11-18(2)12-13-19-3/h4-13H2,1-3H3,(H3,15,16,17). The Bertz CT molecular complexity index is 221. The van der Waals surface area contributed by atoms with E-state index >= 15 is 0 Å². The van der Waals surface area contributed by atoms with E-state index in [0.717, 1.165) is 39.2 Å². The van der Waals surface area contributed by atoms with Crippen molar-refractivity contribution in [3.8, 4) is 0 Å². The van der Waals surface area contributed by atoms with Crippen LogP contribution < -0.4 is 11.1 Å². The quantitative estimate of drug-likeness (QED) is 0.320. The summed E-state index contributed by atoms with van der Waals surface area (Å²) in [5.41, 5.74) is 5.79. The van der Waals surface area contributed by atoms with Gasteiger partial charge in [0, 0.05) is 26.7 Å². The van der Waals surface area contributed by atoms with Crippen molar-refractivity contribution in [2.45, 2.75) is 39.0 Å². The molecule has 0 aliphatic rings. The molecule has 0 aromatic carbocycles. The summed E-state index contributed by atoms with van der Waals surface area (Å²) in [5.74, 6) is 0.580. The van der Waals surface area contributed by atoms with Crippen LogP contribution in [0.4, 0.5) is 0 Å². The van der Waals surface area contributed by atoms with Gasteiger partial charge in [-0.1, -0.05) is 26.2 Å². The minimum absolute atomic E-state index is 0.580. The smallest absolute Gasteiger partial charge is 0.188 e. The van der Waals surface area contributed by atoms with E-state index in [1.54, 1.807) is 7.11 Å². The summed E-state index contributed by atoms with van der Waals surface area (Å²) >= 11 is 0. The molecule has 0 fully saturated rings. The first kappa shape index (κ1) is 18.2. The third kappa shape index (κ3) is 13.4. The van der Waals surface area contributed by atoms with E-state index in [-0.39, 0.29) is 0 Å². The molecule has 5 nitrogen and oxygen atoms in total. The predicted octanol–water partition coefficient (Wildman–Crippen LogP) is 1.44. The SMILES string of the molecule is CCCCCCNC(N)=NCCCN(C)CCOC. The minimum Gasteiger partial charge on any atom is -0.383 e. The number of hydrogen-bond donors (Lipinski definition) is 2. The Kier molecular flexibility index (Phi) is 13.0. The van der Waals surface area contributed by atoms with Crippen molar-refractivity contribution in [3.63, 3.8) is 0 Å². The second kappa shape index (κ2) is 13.6. The topological polar surface area (TPSA) is 62.9 Å². The predicted molar refractivity (Wildman–Crippen MR) is 82.6 cm³/mol. The first-order valence-electron chi connectivity index (χ1n) is 7.42. The van der Waals surface area contributed by atoms with Crippen LogP contribution in [-0.2, 0) is 4.74 Å². The number of aliphatic imine (C=N–C) groups is 1. The van der Waals surface area contributed by atoms with Crippen molar-refractivity contribution in [1.29, 1.82) is 0 Å². The lowest BCUT2D eigenvalue weighted by atomic mass is 10.2. The van der Waals surface area contributed by atoms with Crippen molar-refractivity contribution in [2.75, 3.05) is 46.9 Å². The van der Waals surface area contributed by atoms with Crippen LogP contribution in [0, 0.1) is 0 Å². The number of ether oxygens (including phenoxy) is 1. The number of nitrogens with zero attached hydrogens (tertiary/aromatic N) is 2. The number of guanidine groups is 1. The zero-order valence-electron chi connectivity index (χ0n) is 13.0. The molecule has 19 heavy (non-hydrogen) atoms. The third-order valence-electron chi connectivity index (χ3n) is 2.99. The summed E-state index contributed by atoms with van der Waals surface area (Å²) in [7, 11) is 3.82. The van der Waals surface area contributed by atoms with E-state index in [1.165, 1.54) is 25.7 Å². The molecule has 0 saturated carbocycles. The molecule has 5 heteroatoms. The molecule has 0 aliphatic carbocycles. The lowest BCUT2D eigenvalue weighted by molar-refractivity contribution is 0.161. The Morgan fingerprint density at radius 1 is 1.21 bits per heavy atom. The molecule has 0 bridgehead atoms. The van der Waals surface area contributed by atoms with Crippen molar-refractivity contribution in [2.24, 2.45) is 10.7 Å². The molecular weight excluding hydrogens is 240 g/mol. The molecule has 3 N–H and O–H groups in total. The minimum atomic E-state index is 0.580. The van der Waals surface area contributed by atoms with Gasteiger partial charge in [0.05, 0.1) is 6.61 Å². The highest BCUT2D eigenvalue weighted by Crippen LogP contribution is 1.96. The maximum atomic E-state index is 5.79. The van der Waals surface area contributed by atoms with E-state index in [4.69, 9.17) is 10.5 Å². The lowest BCUT2D eigenvalue weighted by Crippen LogP contribution is -2.32. The molecule has 0 rings (SSSR count). The Morgan fingerprint density at radius 3 is 2.68 bits per heavy atom. The Labute approximate surface area is 118 Å². The van der Waals surface area contributed by atoms with Gasteiger partial charge in [-0.2, -0.15) is 0 Å². The van der Waals surface area contributed by atoms with Crippen LogP contribution in [0.5, 0.6) is 0 Å². The summed E-state index contributed by atoms with van der Waals surface area (Å²) in [5, 5.41) is 3.16. The van der Waals surface area contributed by atoms with Crippen LogP contribution in [-0.4, -0.2) is 57.8 Å². The lowest BCUT2D eigenvalue weighted by Gasteiger charge is -2.14. The maximum absolute atomic E-state index is 5.79. The average Bonchev–Trinajstić information content (AvgIpc) is 2.41. The van der Waals surface area contributed by atoms with Crippen molar-refractivity contribution < 1.29 is 4.74 Å². The van der Waals surface area contributed by atoms with Crippen molar-refractivity contribution >= 4 is 5.96 Å². The fraction of sp³-hybridized carbons (Fsp3) is 0.929. The molecule has 0 heterocycles. The fourth-order valence-corrected chi connectivity index (χ4v) is 1.72. The molecule has 0 aromatic rings. The van der Waals surface area contributed by atoms with Gasteiger partial charge in [-0.15, -0.1) is 0 Å². The summed E-state index contributed by atoms with van der Waals surface area (Å²) in [4.78, 5) is 6.56. The van der Waals surface area contributed by atoms with Crippen LogP contribution >= 0.6 is 0 Å². The molecular formula is C14H32N4O. The van der Waals surface area contributed by atoms with Crippen LogP contribution in [0.25, 0.3) is 0 Å². The second-order valence-electron chi connectivity index (χ2n) is 4.90. The van der Waals surface area contributed by atoms with Gasteiger partial charge in [-0.05, 0) is 26.4 Å². The van der Waals surface area contributed by atoms with E-state index in [9.17, 15) is 0 Å². The molecule has 0 spiro atoms. The highest BCUT2D eigenvalue weighted by atomic mass is 16.5. The van der Waals surface area contributed by atoms with E-state index in [2.05, 4.69) is 29.2 Å². The van der Waals surface area contributed by atoms with Gasteiger partial charge >= 0.3 is 0 Å². The Hall–Kier alpha value is -0.810. The van der Waals surface area contributed by atoms with Crippen LogP contribution in [0.3, 0.4) is 0 Å². The molecule has 0 aliphatic heterocycles. The summed E-state index contributed by atoms with van der Waals surface area (Å²) in [6.07, 6.45) is 6.02. The number of likely N-dealkylation sites (N-methyl/N-ethyl adjacent to an activating group) is 1. The maximum Gasteiger partial charge on any atom is 0.188 e. The summed E-state index contributed by atoms with van der Waals surface area (Å²) in [6, 6.07) is 0. The highest BCUT2D eigenvalue weighted by molar-refractivity contribution is 5.77. The molecule has 0 saturated heterocycles. The summed E-state index contributed by atoms with van der Waals surface area (Å²) < 4.78 is 5.03. The summed E-state index contributed by atoms with van der Waals surface area (Å²) in [6.45, 7) is 6.70. The second-order valence-corrected chi connectivity index (χ2v) is 4.90. The van der Waals surface area contributed by atoms with Gasteiger partial charge in [0.25, 0.3) is 0 Å². The van der Waals surface area contributed by atoms with Crippen LogP contribution in [0.2, 0.25) is 0 Å².